The molecule has 2 aromatic carbocycles. The molecule has 0 unspecified atom stereocenters. The molecule has 1 atom stereocenters. The largest absolute Gasteiger partial charge is 0.478 e. The third-order valence-electron chi connectivity index (χ3n) is 3.77. The lowest BCUT2D eigenvalue weighted by molar-refractivity contribution is -0.119. The van der Waals surface area contributed by atoms with E-state index in [2.05, 4.69) is 5.32 Å². The summed E-state index contributed by atoms with van der Waals surface area (Å²) in [4.78, 5) is 35.0. The van der Waals surface area contributed by atoms with Crippen LogP contribution in [0.15, 0.2) is 42.5 Å². The van der Waals surface area contributed by atoms with Crippen molar-refractivity contribution in [3.8, 4) is 0 Å². The number of primary amides is 1. The van der Waals surface area contributed by atoms with Gasteiger partial charge in [0.25, 0.3) is 5.91 Å². The Morgan fingerprint density at radius 3 is 2.04 bits per heavy atom. The van der Waals surface area contributed by atoms with Crippen LogP contribution in [-0.2, 0) is 11.2 Å². The Morgan fingerprint density at radius 2 is 1.56 bits per heavy atom. The van der Waals surface area contributed by atoms with Crippen LogP contribution in [0.25, 0.3) is 0 Å². The van der Waals surface area contributed by atoms with E-state index in [1.807, 2.05) is 19.9 Å². The first-order chi connectivity index (χ1) is 11.8. The Labute approximate surface area is 145 Å². The number of amides is 2. The summed E-state index contributed by atoms with van der Waals surface area (Å²) in [6.45, 7) is 3.78. The molecule has 2 amide bonds. The minimum Gasteiger partial charge on any atom is -0.478 e. The average Bonchev–Trinajstić information content (AvgIpc) is 2.53. The fourth-order valence-electron chi connectivity index (χ4n) is 2.59. The lowest BCUT2D eigenvalue weighted by atomic mass is 10.0. The molecule has 0 radical (unpaired) electrons. The van der Waals surface area contributed by atoms with Gasteiger partial charge in [-0.25, -0.2) is 4.79 Å². The Hall–Kier alpha value is -3.15. The SMILES string of the molecule is Cc1cc(C)cc(C(=O)N[C@H](Cc2ccc(C(=O)O)cc2)C(N)=O)c1. The minimum absolute atomic E-state index is 0.152. The van der Waals surface area contributed by atoms with E-state index >= 15 is 0 Å². The summed E-state index contributed by atoms with van der Waals surface area (Å²) in [5.74, 6) is -2.06. The van der Waals surface area contributed by atoms with Gasteiger partial charge in [-0.2, -0.15) is 0 Å². The first-order valence-corrected chi connectivity index (χ1v) is 7.77. The molecule has 0 saturated heterocycles. The molecule has 4 N–H and O–H groups in total. The normalized spacial score (nSPS) is 11.6. The van der Waals surface area contributed by atoms with Gasteiger partial charge in [-0.3, -0.25) is 9.59 Å². The Bertz CT molecular complexity index is 792. The van der Waals surface area contributed by atoms with Crippen molar-refractivity contribution >= 4 is 17.8 Å². The van der Waals surface area contributed by atoms with Crippen LogP contribution in [0.4, 0.5) is 0 Å². The maximum Gasteiger partial charge on any atom is 0.335 e. The fourth-order valence-corrected chi connectivity index (χ4v) is 2.59. The maximum atomic E-state index is 12.4. The van der Waals surface area contributed by atoms with E-state index in [-0.39, 0.29) is 17.9 Å². The smallest absolute Gasteiger partial charge is 0.335 e. The highest BCUT2D eigenvalue weighted by molar-refractivity contribution is 5.97. The number of carboxylic acids is 1. The van der Waals surface area contributed by atoms with Gasteiger partial charge in [0, 0.05) is 12.0 Å². The molecular formula is C19H20N2O4. The predicted molar refractivity (Wildman–Crippen MR) is 93.5 cm³/mol. The standard InChI is InChI=1S/C19H20N2O4/c1-11-7-12(2)9-15(8-11)18(23)21-16(17(20)22)10-13-3-5-14(6-4-13)19(24)25/h3-9,16H,10H2,1-2H3,(H2,20,22)(H,21,23)(H,24,25)/t16-/m1/s1. The number of aromatic carboxylic acids is 1. The quantitative estimate of drug-likeness (QED) is 0.745. The molecular weight excluding hydrogens is 320 g/mol. The molecule has 0 aliphatic rings. The van der Waals surface area contributed by atoms with E-state index in [9.17, 15) is 14.4 Å². The highest BCUT2D eigenvalue weighted by Crippen LogP contribution is 2.11. The molecule has 0 aromatic heterocycles. The first kappa shape index (κ1) is 18.2. The van der Waals surface area contributed by atoms with Crippen molar-refractivity contribution in [1.29, 1.82) is 0 Å². The summed E-state index contributed by atoms with van der Waals surface area (Å²) in [6, 6.07) is 10.6. The summed E-state index contributed by atoms with van der Waals surface area (Å²) in [5, 5.41) is 11.5. The van der Waals surface area contributed by atoms with Gasteiger partial charge in [0.1, 0.15) is 6.04 Å². The number of nitrogens with two attached hydrogens (primary N) is 1. The van der Waals surface area contributed by atoms with Crippen LogP contribution in [0.2, 0.25) is 0 Å². The zero-order valence-corrected chi connectivity index (χ0v) is 14.1. The maximum absolute atomic E-state index is 12.4. The van der Waals surface area contributed by atoms with Crippen LogP contribution in [0.1, 0.15) is 37.4 Å². The summed E-state index contributed by atoms with van der Waals surface area (Å²) in [5.41, 5.74) is 8.62. The lowest BCUT2D eigenvalue weighted by Gasteiger charge is -2.16. The number of carbonyl (C=O) groups is 3. The van der Waals surface area contributed by atoms with Crippen LogP contribution in [-0.4, -0.2) is 28.9 Å². The van der Waals surface area contributed by atoms with Gasteiger partial charge < -0.3 is 16.2 Å². The number of benzene rings is 2. The highest BCUT2D eigenvalue weighted by atomic mass is 16.4. The van der Waals surface area contributed by atoms with Gasteiger partial charge in [-0.15, -0.1) is 0 Å². The molecule has 0 bridgehead atoms. The third-order valence-corrected chi connectivity index (χ3v) is 3.77. The summed E-state index contributed by atoms with van der Waals surface area (Å²) >= 11 is 0. The zero-order chi connectivity index (χ0) is 18.6. The van der Waals surface area contributed by atoms with Gasteiger partial charge in [0.2, 0.25) is 5.91 Å². The minimum atomic E-state index is -1.03. The highest BCUT2D eigenvalue weighted by Gasteiger charge is 2.20. The predicted octanol–water partition coefficient (Wildman–Crippen LogP) is 1.83. The fraction of sp³-hybridized carbons (Fsp3) is 0.211. The number of rotatable bonds is 6. The van der Waals surface area contributed by atoms with Crippen LogP contribution in [0.3, 0.4) is 0 Å². The first-order valence-electron chi connectivity index (χ1n) is 7.77. The lowest BCUT2D eigenvalue weighted by Crippen LogP contribution is -2.45. The van der Waals surface area contributed by atoms with E-state index in [0.29, 0.717) is 11.1 Å². The monoisotopic (exact) mass is 340 g/mol. The van der Waals surface area contributed by atoms with Gasteiger partial charge in [0.05, 0.1) is 5.56 Å². The van der Waals surface area contributed by atoms with E-state index < -0.39 is 17.9 Å². The second kappa shape index (κ2) is 7.61. The molecule has 6 nitrogen and oxygen atoms in total. The van der Waals surface area contributed by atoms with Crippen LogP contribution >= 0.6 is 0 Å². The van der Waals surface area contributed by atoms with Crippen LogP contribution in [0.5, 0.6) is 0 Å². The summed E-state index contributed by atoms with van der Waals surface area (Å²) in [7, 11) is 0. The molecule has 0 heterocycles. The van der Waals surface area contributed by atoms with Gasteiger partial charge in [0.15, 0.2) is 0 Å². The average molecular weight is 340 g/mol. The molecule has 25 heavy (non-hydrogen) atoms. The number of carbonyl (C=O) groups excluding carboxylic acids is 2. The Balaban J connectivity index is 2.13. The molecule has 2 aromatic rings. The summed E-state index contributed by atoms with van der Waals surface area (Å²) in [6.07, 6.45) is 0.186. The third kappa shape index (κ3) is 4.91. The molecule has 0 aliphatic heterocycles. The van der Waals surface area contributed by atoms with Crippen molar-refractivity contribution in [2.75, 3.05) is 0 Å². The number of carboxylic acid groups (broad SMARTS) is 1. The van der Waals surface area contributed by atoms with Crippen molar-refractivity contribution in [3.05, 3.63) is 70.3 Å². The number of hydrogen-bond acceptors (Lipinski definition) is 3. The van der Waals surface area contributed by atoms with E-state index in [1.165, 1.54) is 12.1 Å². The molecule has 2 rings (SSSR count). The second-order valence-electron chi connectivity index (χ2n) is 6.01. The number of aryl methyl sites for hydroxylation is 2. The summed E-state index contributed by atoms with van der Waals surface area (Å²) < 4.78 is 0. The van der Waals surface area contributed by atoms with E-state index in [4.69, 9.17) is 10.8 Å². The second-order valence-corrected chi connectivity index (χ2v) is 6.01. The topological polar surface area (TPSA) is 109 Å². The molecule has 0 fully saturated rings. The van der Waals surface area contributed by atoms with Crippen molar-refractivity contribution in [1.82, 2.24) is 5.32 Å². The van der Waals surface area contributed by atoms with Crippen LogP contribution in [0, 0.1) is 13.8 Å². The van der Waals surface area contributed by atoms with Crippen molar-refractivity contribution in [2.24, 2.45) is 5.73 Å². The van der Waals surface area contributed by atoms with Crippen molar-refractivity contribution in [2.45, 2.75) is 26.3 Å². The Morgan fingerprint density at radius 1 is 1.00 bits per heavy atom. The van der Waals surface area contributed by atoms with Crippen molar-refractivity contribution in [3.63, 3.8) is 0 Å². The zero-order valence-electron chi connectivity index (χ0n) is 14.1. The van der Waals surface area contributed by atoms with E-state index in [0.717, 1.165) is 11.1 Å². The van der Waals surface area contributed by atoms with Gasteiger partial charge in [-0.1, -0.05) is 29.3 Å². The molecule has 0 saturated carbocycles. The number of nitrogens with one attached hydrogen (secondary N) is 1. The molecule has 0 aliphatic carbocycles. The van der Waals surface area contributed by atoms with Gasteiger partial charge in [-0.05, 0) is 43.7 Å². The van der Waals surface area contributed by atoms with Crippen LogP contribution < -0.4 is 11.1 Å². The Kier molecular flexibility index (Phi) is 5.54. The molecule has 130 valence electrons. The van der Waals surface area contributed by atoms with E-state index in [1.54, 1.807) is 24.3 Å². The van der Waals surface area contributed by atoms with Gasteiger partial charge >= 0.3 is 5.97 Å². The molecule has 0 spiro atoms. The van der Waals surface area contributed by atoms with Crippen molar-refractivity contribution < 1.29 is 19.5 Å². The number of hydrogen-bond donors (Lipinski definition) is 3. The molecule has 6 heteroatoms.